The third-order valence-electron chi connectivity index (χ3n) is 2.65. The zero-order chi connectivity index (χ0) is 9.80. The molecule has 1 atom stereocenters. The van der Waals surface area contributed by atoms with E-state index >= 15 is 0 Å². The zero-order valence-corrected chi connectivity index (χ0v) is 9.46. The van der Waals surface area contributed by atoms with Gasteiger partial charge in [-0.1, -0.05) is 30.3 Å². The molecule has 0 bridgehead atoms. The Morgan fingerprint density at radius 1 is 1.29 bits per heavy atom. The van der Waals surface area contributed by atoms with Gasteiger partial charge in [-0.05, 0) is 31.3 Å². The van der Waals surface area contributed by atoms with Crippen LogP contribution < -0.4 is 0 Å². The molecule has 2 rings (SSSR count). The van der Waals surface area contributed by atoms with E-state index < -0.39 is 0 Å². The Labute approximate surface area is 90.5 Å². The third-order valence-corrected chi connectivity index (χ3v) is 4.00. The van der Waals surface area contributed by atoms with Gasteiger partial charge in [-0.25, -0.2) is 0 Å². The Morgan fingerprint density at radius 2 is 2.07 bits per heavy atom. The summed E-state index contributed by atoms with van der Waals surface area (Å²) in [6, 6.07) is 10.9. The maximum absolute atomic E-state index is 2.44. The highest BCUT2D eigenvalue weighted by molar-refractivity contribution is 7.99. The summed E-state index contributed by atoms with van der Waals surface area (Å²) in [7, 11) is 2.22. The lowest BCUT2D eigenvalue weighted by Crippen LogP contribution is -2.22. The summed E-state index contributed by atoms with van der Waals surface area (Å²) in [5.74, 6) is 1.30. The van der Waals surface area contributed by atoms with E-state index in [1.54, 1.807) is 0 Å². The molecule has 14 heavy (non-hydrogen) atoms. The third kappa shape index (κ3) is 2.52. The van der Waals surface area contributed by atoms with Crippen LogP contribution in [0.5, 0.6) is 0 Å². The molecule has 0 amide bonds. The normalized spacial score (nSPS) is 24.5. The van der Waals surface area contributed by atoms with Crippen molar-refractivity contribution in [2.45, 2.75) is 11.7 Å². The Kier molecular flexibility index (Phi) is 3.49. The van der Waals surface area contributed by atoms with Crippen molar-refractivity contribution in [1.82, 2.24) is 4.90 Å². The maximum atomic E-state index is 2.44. The van der Waals surface area contributed by atoms with Crippen LogP contribution in [0.3, 0.4) is 0 Å². The van der Waals surface area contributed by atoms with Crippen molar-refractivity contribution in [3.8, 4) is 0 Å². The van der Waals surface area contributed by atoms with Crippen LogP contribution in [-0.4, -0.2) is 30.8 Å². The molecule has 0 saturated carbocycles. The number of hydrogen-bond acceptors (Lipinski definition) is 2. The number of benzene rings is 1. The molecule has 1 aliphatic rings. The van der Waals surface area contributed by atoms with Crippen molar-refractivity contribution in [2.75, 3.05) is 25.9 Å². The summed E-state index contributed by atoms with van der Waals surface area (Å²) in [5.41, 5.74) is 1.48. The molecule has 1 saturated heterocycles. The molecule has 1 heterocycles. The van der Waals surface area contributed by atoms with Gasteiger partial charge < -0.3 is 4.90 Å². The Bertz CT molecular complexity index is 273. The fraction of sp³-hybridized carbons (Fsp3) is 0.500. The molecule has 1 nitrogen and oxygen atoms in total. The van der Waals surface area contributed by atoms with Crippen LogP contribution in [0.2, 0.25) is 0 Å². The van der Waals surface area contributed by atoms with Gasteiger partial charge in [-0.15, -0.1) is 0 Å². The molecule has 0 aromatic heterocycles. The van der Waals surface area contributed by atoms with E-state index in [4.69, 9.17) is 0 Å². The summed E-state index contributed by atoms with van der Waals surface area (Å²) >= 11 is 2.10. The molecule has 0 N–H and O–H groups in total. The van der Waals surface area contributed by atoms with E-state index in [1.807, 2.05) is 0 Å². The highest BCUT2D eigenvalue weighted by atomic mass is 32.2. The van der Waals surface area contributed by atoms with E-state index in [-0.39, 0.29) is 0 Å². The molecule has 1 unspecified atom stereocenters. The minimum absolute atomic E-state index is 0.670. The van der Waals surface area contributed by atoms with Gasteiger partial charge in [-0.2, -0.15) is 11.8 Å². The van der Waals surface area contributed by atoms with Gasteiger partial charge >= 0.3 is 0 Å². The van der Waals surface area contributed by atoms with Crippen molar-refractivity contribution in [1.29, 1.82) is 0 Å². The van der Waals surface area contributed by atoms with Gasteiger partial charge in [0.1, 0.15) is 0 Å². The Balaban J connectivity index is 2.09. The summed E-state index contributed by atoms with van der Waals surface area (Å²) in [6.07, 6.45) is 1.32. The standard InChI is InChI=1S/C12H17NS/c1-13-8-5-9-14-12(10-13)11-6-3-2-4-7-11/h2-4,6-7,12H,5,8-10H2,1H3. The molecule has 76 valence electrons. The SMILES string of the molecule is CN1CCCSC(c2ccccc2)C1. The fourth-order valence-corrected chi connectivity index (χ4v) is 3.15. The lowest BCUT2D eigenvalue weighted by atomic mass is 10.1. The van der Waals surface area contributed by atoms with Crippen LogP contribution in [0.4, 0.5) is 0 Å². The second kappa shape index (κ2) is 4.85. The van der Waals surface area contributed by atoms with Gasteiger partial charge in [0, 0.05) is 11.8 Å². The first-order chi connectivity index (χ1) is 6.86. The second-order valence-corrected chi connectivity index (χ2v) is 5.20. The predicted octanol–water partition coefficient (Wildman–Crippen LogP) is 2.80. The topological polar surface area (TPSA) is 3.24 Å². The average molecular weight is 207 g/mol. The van der Waals surface area contributed by atoms with Crippen LogP contribution in [0, 0.1) is 0 Å². The molecule has 1 aliphatic heterocycles. The van der Waals surface area contributed by atoms with E-state index in [0.717, 1.165) is 0 Å². The van der Waals surface area contributed by atoms with Crippen molar-refractivity contribution in [3.05, 3.63) is 35.9 Å². The van der Waals surface area contributed by atoms with Crippen LogP contribution >= 0.6 is 11.8 Å². The number of nitrogens with zero attached hydrogens (tertiary/aromatic N) is 1. The molecule has 0 radical (unpaired) electrons. The first-order valence-electron chi connectivity index (χ1n) is 5.21. The quantitative estimate of drug-likeness (QED) is 0.696. The van der Waals surface area contributed by atoms with Crippen LogP contribution in [0.25, 0.3) is 0 Å². The van der Waals surface area contributed by atoms with Crippen molar-refractivity contribution >= 4 is 11.8 Å². The van der Waals surface area contributed by atoms with E-state index in [2.05, 4.69) is 54.0 Å². The summed E-state index contributed by atoms with van der Waals surface area (Å²) in [4.78, 5) is 2.44. The molecule has 0 spiro atoms. The minimum atomic E-state index is 0.670. The lowest BCUT2D eigenvalue weighted by Gasteiger charge is -2.19. The van der Waals surface area contributed by atoms with Crippen LogP contribution in [0.15, 0.2) is 30.3 Å². The Hall–Kier alpha value is -0.470. The highest BCUT2D eigenvalue weighted by Crippen LogP contribution is 2.31. The molecular formula is C12H17NS. The first kappa shape index (κ1) is 10.1. The monoisotopic (exact) mass is 207 g/mol. The average Bonchev–Trinajstić information content (AvgIpc) is 2.44. The zero-order valence-electron chi connectivity index (χ0n) is 8.65. The van der Waals surface area contributed by atoms with E-state index in [9.17, 15) is 0 Å². The largest absolute Gasteiger partial charge is 0.305 e. The summed E-state index contributed by atoms with van der Waals surface area (Å²) in [6.45, 7) is 2.44. The summed E-state index contributed by atoms with van der Waals surface area (Å²) in [5, 5.41) is 0.670. The number of rotatable bonds is 1. The number of thioether (sulfide) groups is 1. The van der Waals surface area contributed by atoms with Gasteiger partial charge in [0.2, 0.25) is 0 Å². The fourth-order valence-electron chi connectivity index (χ4n) is 1.86. The predicted molar refractivity (Wildman–Crippen MR) is 63.8 cm³/mol. The van der Waals surface area contributed by atoms with Crippen molar-refractivity contribution in [2.24, 2.45) is 0 Å². The van der Waals surface area contributed by atoms with E-state index in [0.29, 0.717) is 5.25 Å². The van der Waals surface area contributed by atoms with Crippen molar-refractivity contribution in [3.63, 3.8) is 0 Å². The molecular weight excluding hydrogens is 190 g/mol. The van der Waals surface area contributed by atoms with Crippen LogP contribution in [-0.2, 0) is 0 Å². The second-order valence-electron chi connectivity index (χ2n) is 3.89. The van der Waals surface area contributed by atoms with Crippen molar-refractivity contribution < 1.29 is 0 Å². The maximum Gasteiger partial charge on any atom is 0.0424 e. The highest BCUT2D eigenvalue weighted by Gasteiger charge is 2.17. The van der Waals surface area contributed by atoms with E-state index in [1.165, 1.54) is 30.8 Å². The summed E-state index contributed by atoms with van der Waals surface area (Å²) < 4.78 is 0. The first-order valence-corrected chi connectivity index (χ1v) is 6.26. The van der Waals surface area contributed by atoms with Gasteiger partial charge in [0.15, 0.2) is 0 Å². The van der Waals surface area contributed by atoms with Gasteiger partial charge in [-0.3, -0.25) is 0 Å². The number of hydrogen-bond donors (Lipinski definition) is 0. The minimum Gasteiger partial charge on any atom is -0.305 e. The van der Waals surface area contributed by atoms with Crippen LogP contribution in [0.1, 0.15) is 17.2 Å². The van der Waals surface area contributed by atoms with Gasteiger partial charge in [0.25, 0.3) is 0 Å². The molecule has 1 aromatic carbocycles. The van der Waals surface area contributed by atoms with Gasteiger partial charge in [0.05, 0.1) is 0 Å². The smallest absolute Gasteiger partial charge is 0.0424 e. The molecule has 1 aromatic rings. The lowest BCUT2D eigenvalue weighted by molar-refractivity contribution is 0.343. The molecule has 2 heteroatoms. The molecule has 0 aliphatic carbocycles. The number of likely N-dealkylation sites (N-methyl/N-ethyl adjacent to an activating group) is 1. The Morgan fingerprint density at radius 3 is 2.86 bits per heavy atom. The molecule has 1 fully saturated rings.